The monoisotopic (exact) mass is 269 g/mol. The van der Waals surface area contributed by atoms with Gasteiger partial charge in [-0.3, -0.25) is 9.78 Å². The molecule has 0 aliphatic carbocycles. The Hall–Kier alpha value is -2.36. The molecule has 20 heavy (non-hydrogen) atoms. The van der Waals surface area contributed by atoms with Gasteiger partial charge in [-0.05, 0) is 25.5 Å². The summed E-state index contributed by atoms with van der Waals surface area (Å²) >= 11 is 0. The Morgan fingerprint density at radius 1 is 1.25 bits per heavy atom. The molecular weight excluding hydrogens is 250 g/mol. The van der Waals surface area contributed by atoms with Gasteiger partial charge in [-0.1, -0.05) is 30.3 Å². The van der Waals surface area contributed by atoms with E-state index in [1.807, 2.05) is 50.2 Å². The zero-order valence-electron chi connectivity index (χ0n) is 11.8. The number of aryl methyl sites for hydroxylation is 1. The largest absolute Gasteiger partial charge is 0.385 e. The van der Waals surface area contributed by atoms with Crippen LogP contribution in [0.2, 0.25) is 0 Å². The van der Waals surface area contributed by atoms with Crippen LogP contribution in [0.1, 0.15) is 28.5 Å². The highest BCUT2D eigenvalue weighted by Crippen LogP contribution is 2.15. The predicted octanol–water partition coefficient (Wildman–Crippen LogP) is 2.75. The standard InChI is InChI=1S/C16H19N3O/c1-3-17-15-9-12(2)18-11-14(15)16(20)19-10-13-7-5-4-6-8-13/h4-9,11H,3,10H2,1-2H3,(H,17,18)(H,19,20). The molecule has 4 nitrogen and oxygen atoms in total. The molecule has 2 rings (SSSR count). The van der Waals surface area contributed by atoms with E-state index >= 15 is 0 Å². The van der Waals surface area contributed by atoms with Gasteiger partial charge in [-0.15, -0.1) is 0 Å². The molecular formula is C16H19N3O. The summed E-state index contributed by atoms with van der Waals surface area (Å²) in [4.78, 5) is 16.4. The molecule has 0 radical (unpaired) electrons. The molecule has 0 saturated heterocycles. The number of carbonyl (C=O) groups excluding carboxylic acids is 1. The summed E-state index contributed by atoms with van der Waals surface area (Å²) in [6.45, 7) is 5.19. The summed E-state index contributed by atoms with van der Waals surface area (Å²) in [6, 6.07) is 11.7. The average molecular weight is 269 g/mol. The van der Waals surface area contributed by atoms with Crippen LogP contribution in [0.25, 0.3) is 0 Å². The maximum atomic E-state index is 12.2. The number of nitrogens with one attached hydrogen (secondary N) is 2. The van der Waals surface area contributed by atoms with E-state index in [4.69, 9.17) is 0 Å². The lowest BCUT2D eigenvalue weighted by molar-refractivity contribution is 0.0951. The van der Waals surface area contributed by atoms with Crippen LogP contribution in [0.4, 0.5) is 5.69 Å². The highest BCUT2D eigenvalue weighted by atomic mass is 16.1. The Balaban J connectivity index is 2.09. The van der Waals surface area contributed by atoms with Crippen LogP contribution in [0.5, 0.6) is 0 Å². The van der Waals surface area contributed by atoms with Gasteiger partial charge in [0.1, 0.15) is 0 Å². The van der Waals surface area contributed by atoms with E-state index < -0.39 is 0 Å². The molecule has 0 unspecified atom stereocenters. The zero-order chi connectivity index (χ0) is 14.4. The van der Waals surface area contributed by atoms with E-state index in [1.165, 1.54) is 0 Å². The quantitative estimate of drug-likeness (QED) is 0.877. The maximum Gasteiger partial charge on any atom is 0.255 e. The summed E-state index contributed by atoms with van der Waals surface area (Å²) in [5, 5.41) is 6.11. The number of benzene rings is 1. The molecule has 2 aromatic rings. The van der Waals surface area contributed by atoms with Crippen molar-refractivity contribution in [3.05, 3.63) is 59.4 Å². The summed E-state index contributed by atoms with van der Waals surface area (Å²) in [7, 11) is 0. The minimum atomic E-state index is -0.114. The van der Waals surface area contributed by atoms with E-state index in [0.29, 0.717) is 12.1 Å². The minimum absolute atomic E-state index is 0.114. The number of anilines is 1. The van der Waals surface area contributed by atoms with Crippen molar-refractivity contribution >= 4 is 11.6 Å². The third-order valence-corrected chi connectivity index (χ3v) is 2.95. The minimum Gasteiger partial charge on any atom is -0.385 e. The number of rotatable bonds is 5. The molecule has 0 spiro atoms. The van der Waals surface area contributed by atoms with Gasteiger partial charge in [0.15, 0.2) is 0 Å². The van der Waals surface area contributed by atoms with E-state index in [-0.39, 0.29) is 5.91 Å². The van der Waals surface area contributed by atoms with Crippen LogP contribution in [0.15, 0.2) is 42.6 Å². The van der Waals surface area contributed by atoms with Crippen molar-refractivity contribution in [3.63, 3.8) is 0 Å². The lowest BCUT2D eigenvalue weighted by Crippen LogP contribution is -2.24. The summed E-state index contributed by atoms with van der Waals surface area (Å²) < 4.78 is 0. The number of hydrogen-bond acceptors (Lipinski definition) is 3. The van der Waals surface area contributed by atoms with Crippen LogP contribution in [0, 0.1) is 6.92 Å². The second kappa shape index (κ2) is 6.70. The molecule has 4 heteroatoms. The molecule has 0 atom stereocenters. The van der Waals surface area contributed by atoms with Crippen molar-refractivity contribution in [1.29, 1.82) is 0 Å². The van der Waals surface area contributed by atoms with Crippen molar-refractivity contribution < 1.29 is 4.79 Å². The SMILES string of the molecule is CCNc1cc(C)ncc1C(=O)NCc1ccccc1. The van der Waals surface area contributed by atoms with E-state index in [1.54, 1.807) is 6.20 Å². The Kier molecular flexibility index (Phi) is 4.71. The van der Waals surface area contributed by atoms with Gasteiger partial charge >= 0.3 is 0 Å². The van der Waals surface area contributed by atoms with Crippen molar-refractivity contribution in [2.45, 2.75) is 20.4 Å². The summed E-state index contributed by atoms with van der Waals surface area (Å²) in [5.41, 5.74) is 3.37. The first-order chi connectivity index (χ1) is 9.70. The van der Waals surface area contributed by atoms with Gasteiger partial charge in [-0.25, -0.2) is 0 Å². The van der Waals surface area contributed by atoms with Crippen molar-refractivity contribution in [2.75, 3.05) is 11.9 Å². The van der Waals surface area contributed by atoms with Crippen molar-refractivity contribution in [1.82, 2.24) is 10.3 Å². The molecule has 1 heterocycles. The third-order valence-electron chi connectivity index (χ3n) is 2.95. The molecule has 1 aromatic carbocycles. The average Bonchev–Trinajstić information content (AvgIpc) is 2.46. The number of aromatic nitrogens is 1. The van der Waals surface area contributed by atoms with Crippen LogP contribution in [-0.4, -0.2) is 17.4 Å². The molecule has 2 N–H and O–H groups in total. The van der Waals surface area contributed by atoms with Crippen LogP contribution < -0.4 is 10.6 Å². The van der Waals surface area contributed by atoms with E-state index in [9.17, 15) is 4.79 Å². The number of nitrogens with zero attached hydrogens (tertiary/aromatic N) is 1. The van der Waals surface area contributed by atoms with Gasteiger partial charge < -0.3 is 10.6 Å². The lowest BCUT2D eigenvalue weighted by atomic mass is 10.1. The fourth-order valence-corrected chi connectivity index (χ4v) is 1.95. The fraction of sp³-hybridized carbons (Fsp3) is 0.250. The van der Waals surface area contributed by atoms with Gasteiger partial charge in [0.2, 0.25) is 0 Å². The Labute approximate surface area is 119 Å². The summed E-state index contributed by atoms with van der Waals surface area (Å²) in [5.74, 6) is -0.114. The highest BCUT2D eigenvalue weighted by molar-refractivity contribution is 5.99. The molecule has 1 amide bonds. The molecule has 0 saturated carbocycles. The zero-order valence-corrected chi connectivity index (χ0v) is 11.8. The highest BCUT2D eigenvalue weighted by Gasteiger charge is 2.11. The molecule has 0 fully saturated rings. The van der Waals surface area contributed by atoms with Crippen LogP contribution >= 0.6 is 0 Å². The summed E-state index contributed by atoms with van der Waals surface area (Å²) in [6.07, 6.45) is 1.62. The molecule has 104 valence electrons. The van der Waals surface area contributed by atoms with E-state index in [2.05, 4.69) is 15.6 Å². The number of hydrogen-bond donors (Lipinski definition) is 2. The number of pyridine rings is 1. The van der Waals surface area contributed by atoms with Gasteiger partial charge in [0.25, 0.3) is 5.91 Å². The third kappa shape index (κ3) is 3.57. The van der Waals surface area contributed by atoms with Gasteiger partial charge in [0.05, 0.1) is 11.3 Å². The number of amides is 1. The van der Waals surface area contributed by atoms with Gasteiger partial charge in [0, 0.05) is 25.0 Å². The Bertz CT molecular complexity index is 582. The first kappa shape index (κ1) is 14.1. The smallest absolute Gasteiger partial charge is 0.255 e. The fourth-order valence-electron chi connectivity index (χ4n) is 1.95. The van der Waals surface area contributed by atoms with Crippen LogP contribution in [-0.2, 0) is 6.54 Å². The number of carbonyl (C=O) groups is 1. The normalized spacial score (nSPS) is 10.1. The first-order valence-corrected chi connectivity index (χ1v) is 6.73. The topological polar surface area (TPSA) is 54.0 Å². The molecule has 0 bridgehead atoms. The van der Waals surface area contributed by atoms with Crippen LogP contribution in [0.3, 0.4) is 0 Å². The Morgan fingerprint density at radius 2 is 2.00 bits per heavy atom. The van der Waals surface area contributed by atoms with Gasteiger partial charge in [-0.2, -0.15) is 0 Å². The van der Waals surface area contributed by atoms with Crippen molar-refractivity contribution in [2.24, 2.45) is 0 Å². The molecule has 0 aliphatic heterocycles. The second-order valence-corrected chi connectivity index (χ2v) is 4.57. The lowest BCUT2D eigenvalue weighted by Gasteiger charge is -2.11. The maximum absolute atomic E-state index is 12.2. The van der Waals surface area contributed by atoms with E-state index in [0.717, 1.165) is 23.5 Å². The molecule has 1 aromatic heterocycles. The first-order valence-electron chi connectivity index (χ1n) is 6.73. The Morgan fingerprint density at radius 3 is 2.70 bits per heavy atom. The predicted molar refractivity (Wildman–Crippen MR) is 80.7 cm³/mol. The molecule has 0 aliphatic rings. The van der Waals surface area contributed by atoms with Crippen molar-refractivity contribution in [3.8, 4) is 0 Å². The second-order valence-electron chi connectivity index (χ2n) is 4.57.